The van der Waals surface area contributed by atoms with Crippen LogP contribution in [0.25, 0.3) is 16.8 Å². The van der Waals surface area contributed by atoms with Gasteiger partial charge in [-0.2, -0.15) is 17.9 Å². The minimum absolute atomic E-state index is 0.0264. The smallest absolute Gasteiger partial charge is 0.421 e. The van der Waals surface area contributed by atoms with E-state index in [0.717, 1.165) is 28.8 Å². The van der Waals surface area contributed by atoms with Crippen LogP contribution in [0, 0.1) is 5.82 Å². The van der Waals surface area contributed by atoms with E-state index in [2.05, 4.69) is 10.4 Å². The highest BCUT2D eigenvalue weighted by Gasteiger charge is 2.35. The van der Waals surface area contributed by atoms with Gasteiger partial charge in [0.15, 0.2) is 0 Å². The molecule has 0 bridgehead atoms. The Morgan fingerprint density at radius 1 is 0.980 bits per heavy atom. The minimum atomic E-state index is -4.87. The highest BCUT2D eigenvalue weighted by molar-refractivity contribution is 7.90. The number of nitrogens with zero attached hydrogens (tertiary/aromatic N) is 3. The molecule has 262 valence electrons. The molecule has 2 N–H and O–H groups in total. The van der Waals surface area contributed by atoms with Crippen LogP contribution in [-0.4, -0.2) is 40.4 Å². The molecular weight excluding hydrogens is 670 g/mol. The summed E-state index contributed by atoms with van der Waals surface area (Å²) in [5.41, 5.74) is -3.53. The van der Waals surface area contributed by atoms with E-state index in [1.165, 1.54) is 36.4 Å². The maximum atomic E-state index is 15.7. The van der Waals surface area contributed by atoms with Crippen molar-refractivity contribution < 1.29 is 40.3 Å². The van der Waals surface area contributed by atoms with E-state index in [1.54, 1.807) is 34.6 Å². The van der Waals surface area contributed by atoms with Gasteiger partial charge in [-0.3, -0.25) is 9.36 Å². The molecule has 4 aromatic rings. The molecule has 49 heavy (non-hydrogen) atoms. The molecule has 0 aliphatic heterocycles. The lowest BCUT2D eigenvalue weighted by atomic mass is 10.0. The molecule has 0 aliphatic rings. The third kappa shape index (κ3) is 8.73. The van der Waals surface area contributed by atoms with Gasteiger partial charge in [-0.1, -0.05) is 44.2 Å². The third-order valence-electron chi connectivity index (χ3n) is 7.03. The Morgan fingerprint density at radius 3 is 2.29 bits per heavy atom. The van der Waals surface area contributed by atoms with Crippen molar-refractivity contribution in [2.45, 2.75) is 77.1 Å². The van der Waals surface area contributed by atoms with Crippen LogP contribution in [-0.2, 0) is 38.7 Å². The van der Waals surface area contributed by atoms with E-state index in [-0.39, 0.29) is 45.9 Å². The van der Waals surface area contributed by atoms with E-state index < -0.39 is 63.1 Å². The largest absolute Gasteiger partial charge is 0.443 e. The lowest BCUT2D eigenvalue weighted by Gasteiger charge is -2.20. The zero-order valence-corrected chi connectivity index (χ0v) is 28.1. The molecule has 1 heterocycles. The number of hydrogen-bond acceptors (Lipinski definition) is 7. The van der Waals surface area contributed by atoms with Gasteiger partial charge >= 0.3 is 18.0 Å². The number of alkyl halides is 3. The number of anilines is 1. The lowest BCUT2D eigenvalue weighted by Crippen LogP contribution is -2.36. The first-order valence-electron chi connectivity index (χ1n) is 15.2. The SMILES string of the molecule is CCCc1nn(-c2cc(NC(=O)CC)ccc2C(F)(F)F)c(=O)n1Cc1ccc(-c2ccccc2S(=O)(=O)NC(=O)OC(C)(C)C)cc1F. The first-order valence-corrected chi connectivity index (χ1v) is 16.7. The van der Waals surface area contributed by atoms with E-state index in [9.17, 15) is 36.0 Å². The van der Waals surface area contributed by atoms with Crippen LogP contribution in [0.2, 0.25) is 0 Å². The van der Waals surface area contributed by atoms with Crippen LogP contribution in [0.5, 0.6) is 0 Å². The van der Waals surface area contributed by atoms with Crippen molar-refractivity contribution in [3.8, 4) is 16.8 Å². The molecule has 0 fully saturated rings. The molecule has 16 heteroatoms. The summed E-state index contributed by atoms with van der Waals surface area (Å²) in [5, 5.41) is 6.65. The van der Waals surface area contributed by atoms with Crippen LogP contribution < -0.4 is 15.7 Å². The van der Waals surface area contributed by atoms with Crippen molar-refractivity contribution >= 4 is 27.7 Å². The molecule has 0 radical (unpaired) electrons. The van der Waals surface area contributed by atoms with Gasteiger partial charge in [-0.15, -0.1) is 5.10 Å². The zero-order valence-electron chi connectivity index (χ0n) is 27.3. The summed E-state index contributed by atoms with van der Waals surface area (Å²) in [6.07, 6.45) is -5.37. The van der Waals surface area contributed by atoms with Gasteiger partial charge in [0, 0.05) is 29.7 Å². The van der Waals surface area contributed by atoms with E-state index >= 15 is 4.39 Å². The van der Waals surface area contributed by atoms with E-state index in [0.29, 0.717) is 11.1 Å². The number of hydrogen-bond donors (Lipinski definition) is 2. The van der Waals surface area contributed by atoms with Gasteiger partial charge in [0.2, 0.25) is 5.91 Å². The van der Waals surface area contributed by atoms with Gasteiger partial charge in [0.05, 0.1) is 22.7 Å². The van der Waals surface area contributed by atoms with Gasteiger partial charge in [0.1, 0.15) is 17.2 Å². The summed E-state index contributed by atoms with van der Waals surface area (Å²) >= 11 is 0. The molecule has 0 spiro atoms. The molecular formula is C33H35F4N5O6S. The monoisotopic (exact) mass is 705 g/mol. The third-order valence-corrected chi connectivity index (χ3v) is 8.41. The standard InChI is InChI=1S/C33H35F4N5O6S/c1-6-10-28-39-42(26-18-22(38-29(43)7-2)15-16-24(26)33(35,36)37)31(45)41(28)19-21-14-13-20(17-25(21)34)23-11-8-9-12-27(23)49(46,47)40-30(44)48-32(3,4)5/h8-9,11-18H,6-7,10,19H2,1-5H3,(H,38,43)(H,40,44). The highest BCUT2D eigenvalue weighted by atomic mass is 32.2. The summed E-state index contributed by atoms with van der Waals surface area (Å²) in [6, 6.07) is 12.2. The molecule has 4 rings (SSSR count). The second kappa shape index (κ2) is 14.2. The first kappa shape index (κ1) is 36.8. The predicted octanol–water partition coefficient (Wildman–Crippen LogP) is 6.42. The Hall–Kier alpha value is -4.99. The van der Waals surface area contributed by atoms with Crippen molar-refractivity contribution in [3.63, 3.8) is 0 Å². The van der Waals surface area contributed by atoms with Crippen molar-refractivity contribution in [3.05, 3.63) is 93.9 Å². The van der Waals surface area contributed by atoms with Crippen molar-refractivity contribution in [1.82, 2.24) is 19.1 Å². The maximum Gasteiger partial charge on any atom is 0.421 e. The highest BCUT2D eigenvalue weighted by Crippen LogP contribution is 2.35. The molecule has 0 unspecified atom stereocenters. The number of aromatic nitrogens is 3. The van der Waals surface area contributed by atoms with Crippen LogP contribution in [0.1, 0.15) is 64.4 Å². The minimum Gasteiger partial charge on any atom is -0.443 e. The average molecular weight is 706 g/mol. The number of sulfonamides is 1. The van der Waals surface area contributed by atoms with Crippen LogP contribution in [0.3, 0.4) is 0 Å². The van der Waals surface area contributed by atoms with Crippen LogP contribution in [0.4, 0.5) is 28.0 Å². The quantitative estimate of drug-likeness (QED) is 0.181. The maximum absolute atomic E-state index is 15.7. The average Bonchev–Trinajstić information content (AvgIpc) is 3.30. The predicted molar refractivity (Wildman–Crippen MR) is 173 cm³/mol. The normalized spacial score (nSPS) is 12.1. The summed E-state index contributed by atoms with van der Waals surface area (Å²) in [6.45, 7) is 7.62. The summed E-state index contributed by atoms with van der Waals surface area (Å²) in [4.78, 5) is 37.5. The number of ether oxygens (including phenoxy) is 1. The lowest BCUT2D eigenvalue weighted by molar-refractivity contribution is -0.137. The molecule has 0 aliphatic carbocycles. The number of rotatable bonds is 10. The summed E-state index contributed by atoms with van der Waals surface area (Å²) in [7, 11) is -4.46. The second-order valence-corrected chi connectivity index (χ2v) is 13.6. The molecule has 3 aromatic carbocycles. The Bertz CT molecular complexity index is 2050. The fraction of sp³-hybridized carbons (Fsp3) is 0.333. The number of carbonyl (C=O) groups excluding carboxylic acids is 2. The van der Waals surface area contributed by atoms with Crippen molar-refractivity contribution in [1.29, 1.82) is 0 Å². The zero-order chi connectivity index (χ0) is 36.3. The molecule has 2 amide bonds. The van der Waals surface area contributed by atoms with E-state index in [1.807, 2.05) is 4.72 Å². The first-order chi connectivity index (χ1) is 22.8. The molecule has 0 saturated heterocycles. The second-order valence-electron chi connectivity index (χ2n) is 12.0. The van der Waals surface area contributed by atoms with Crippen molar-refractivity contribution in [2.24, 2.45) is 0 Å². The molecule has 0 atom stereocenters. The number of nitrogens with one attached hydrogen (secondary N) is 2. The Balaban J connectivity index is 1.74. The Morgan fingerprint density at radius 2 is 1.67 bits per heavy atom. The van der Waals surface area contributed by atoms with Gasteiger partial charge in [-0.25, -0.2) is 27.1 Å². The number of halogens is 4. The topological polar surface area (TPSA) is 141 Å². The van der Waals surface area contributed by atoms with Gasteiger partial charge < -0.3 is 10.1 Å². The fourth-order valence-electron chi connectivity index (χ4n) is 4.85. The van der Waals surface area contributed by atoms with Gasteiger partial charge in [-0.05, 0) is 63.1 Å². The summed E-state index contributed by atoms with van der Waals surface area (Å²) < 4.78 is 92.5. The number of amides is 2. The number of carbonyl (C=O) groups is 2. The number of benzene rings is 3. The molecule has 11 nitrogen and oxygen atoms in total. The van der Waals surface area contributed by atoms with Gasteiger partial charge in [0.25, 0.3) is 10.0 Å². The van der Waals surface area contributed by atoms with E-state index in [4.69, 9.17) is 4.74 Å². The fourth-order valence-corrected chi connectivity index (χ4v) is 5.96. The molecule has 1 aromatic heterocycles. The summed E-state index contributed by atoms with van der Waals surface area (Å²) in [5.74, 6) is -1.20. The molecule has 0 saturated carbocycles. The van der Waals surface area contributed by atoms with Crippen LogP contribution in [0.15, 0.2) is 70.4 Å². The Labute approximate surface area is 280 Å². The number of aryl methyl sites for hydroxylation is 1. The van der Waals surface area contributed by atoms with Crippen LogP contribution >= 0.6 is 0 Å². The Kier molecular flexibility index (Phi) is 10.7. The van der Waals surface area contributed by atoms with Crippen molar-refractivity contribution in [2.75, 3.05) is 5.32 Å².